The number of hydrogen-bond donors (Lipinski definition) is 2. The molecule has 0 saturated heterocycles. The van der Waals surface area contributed by atoms with Gasteiger partial charge in [-0.05, 0) is 23.3 Å². The van der Waals surface area contributed by atoms with E-state index in [-0.39, 0.29) is 22.4 Å². The highest BCUT2D eigenvalue weighted by atomic mass is 32.2. The van der Waals surface area contributed by atoms with E-state index < -0.39 is 0 Å². The Balaban J connectivity index is 1.45. The summed E-state index contributed by atoms with van der Waals surface area (Å²) in [7, 11) is 3.13. The summed E-state index contributed by atoms with van der Waals surface area (Å²) in [6, 6.07) is 15.1. The van der Waals surface area contributed by atoms with Crippen LogP contribution < -0.4 is 26.2 Å². The van der Waals surface area contributed by atoms with Gasteiger partial charge in [0.05, 0.1) is 25.4 Å². The van der Waals surface area contributed by atoms with Gasteiger partial charge in [0.15, 0.2) is 16.7 Å². The number of hydrogen-bond acceptors (Lipinski definition) is 8. The molecule has 0 aliphatic heterocycles. The highest BCUT2D eigenvalue weighted by molar-refractivity contribution is 7.99. The molecule has 170 valence electrons. The molecule has 0 spiro atoms. The maximum absolute atomic E-state index is 12.9. The molecule has 0 atom stereocenters. The van der Waals surface area contributed by atoms with Gasteiger partial charge < -0.3 is 20.6 Å². The topological polar surface area (TPSA) is 108 Å². The number of carbonyl (C=O) groups excluding carboxylic acids is 1. The van der Waals surface area contributed by atoms with Crippen LogP contribution in [0.25, 0.3) is 21.3 Å². The first-order valence-corrected chi connectivity index (χ1v) is 11.8. The quantitative estimate of drug-likeness (QED) is 0.225. The number of methoxy groups -OCH3 is 2. The van der Waals surface area contributed by atoms with Gasteiger partial charge in [0, 0.05) is 17.5 Å². The number of nitrogens with one attached hydrogen (secondary N) is 1. The van der Waals surface area contributed by atoms with Crippen LogP contribution in [-0.4, -0.2) is 35.5 Å². The van der Waals surface area contributed by atoms with E-state index in [1.807, 2.05) is 41.8 Å². The van der Waals surface area contributed by atoms with E-state index >= 15 is 0 Å². The van der Waals surface area contributed by atoms with Gasteiger partial charge in [-0.1, -0.05) is 48.2 Å². The van der Waals surface area contributed by atoms with Gasteiger partial charge in [-0.25, -0.2) is 9.66 Å². The Kier molecular flexibility index (Phi) is 6.85. The molecule has 2 aromatic carbocycles. The number of thiophene rings is 1. The Morgan fingerprint density at radius 2 is 1.91 bits per heavy atom. The van der Waals surface area contributed by atoms with E-state index in [1.54, 1.807) is 26.4 Å². The number of amides is 1. The zero-order valence-electron chi connectivity index (χ0n) is 18.0. The fourth-order valence-electron chi connectivity index (χ4n) is 3.29. The molecule has 0 unspecified atom stereocenters. The number of carbonyl (C=O) groups is 1. The molecular weight excluding hydrogens is 460 g/mol. The number of nitrogens with zero attached hydrogens (tertiary/aromatic N) is 2. The van der Waals surface area contributed by atoms with Gasteiger partial charge >= 0.3 is 0 Å². The molecule has 0 bridgehead atoms. The third-order valence-corrected chi connectivity index (χ3v) is 6.79. The summed E-state index contributed by atoms with van der Waals surface area (Å²) < 4.78 is 11.5. The third-order valence-electron chi connectivity index (χ3n) is 4.96. The van der Waals surface area contributed by atoms with Gasteiger partial charge in [-0.15, -0.1) is 11.3 Å². The second-order valence-corrected chi connectivity index (χ2v) is 8.82. The summed E-state index contributed by atoms with van der Waals surface area (Å²) in [6.45, 7) is 0.326. The zero-order valence-corrected chi connectivity index (χ0v) is 19.7. The van der Waals surface area contributed by atoms with E-state index in [0.29, 0.717) is 28.3 Å². The molecular formula is C23H22N4O4S2. The summed E-state index contributed by atoms with van der Waals surface area (Å²) in [4.78, 5) is 30.4. The van der Waals surface area contributed by atoms with Gasteiger partial charge in [0.25, 0.3) is 5.56 Å². The Hall–Kier alpha value is -3.50. The van der Waals surface area contributed by atoms with Crippen molar-refractivity contribution in [2.75, 3.05) is 25.8 Å². The predicted molar refractivity (Wildman–Crippen MR) is 132 cm³/mol. The van der Waals surface area contributed by atoms with E-state index in [0.717, 1.165) is 33.1 Å². The predicted octanol–water partition coefficient (Wildman–Crippen LogP) is 3.26. The lowest BCUT2D eigenvalue weighted by molar-refractivity contribution is -0.118. The minimum Gasteiger partial charge on any atom is -0.493 e. The molecule has 1 amide bonds. The second-order valence-electron chi connectivity index (χ2n) is 7.02. The standard InChI is InChI=1S/C23H22N4O4S2/c1-30-17-9-8-14(10-18(17)31-2)11-25-19(28)13-33-23-26-21-20(22(29)27(23)24)16(12-32-21)15-6-4-3-5-7-15/h3-10,12H,11,13,24H2,1-2H3,(H,25,28). The van der Waals surface area contributed by atoms with Crippen molar-refractivity contribution in [3.05, 3.63) is 69.8 Å². The number of benzene rings is 2. The highest BCUT2D eigenvalue weighted by Crippen LogP contribution is 2.31. The largest absolute Gasteiger partial charge is 0.493 e. The average molecular weight is 483 g/mol. The maximum atomic E-state index is 12.9. The van der Waals surface area contributed by atoms with E-state index in [9.17, 15) is 9.59 Å². The molecule has 0 fully saturated rings. The summed E-state index contributed by atoms with van der Waals surface area (Å²) in [5, 5.41) is 5.52. The molecule has 0 aliphatic rings. The van der Waals surface area contributed by atoms with Crippen LogP contribution in [0.4, 0.5) is 0 Å². The molecule has 8 nitrogen and oxygen atoms in total. The number of rotatable bonds is 8. The van der Waals surface area contributed by atoms with Crippen molar-refractivity contribution >= 4 is 39.2 Å². The molecule has 0 saturated carbocycles. The number of fused-ring (bicyclic) bond motifs is 1. The average Bonchev–Trinajstić information content (AvgIpc) is 3.28. The van der Waals surface area contributed by atoms with E-state index in [4.69, 9.17) is 15.3 Å². The van der Waals surface area contributed by atoms with Crippen molar-refractivity contribution < 1.29 is 14.3 Å². The molecule has 3 N–H and O–H groups in total. The minimum absolute atomic E-state index is 0.0688. The van der Waals surface area contributed by atoms with Crippen molar-refractivity contribution in [2.45, 2.75) is 11.7 Å². The van der Waals surface area contributed by atoms with Crippen LogP contribution in [0.15, 0.2) is 63.9 Å². The van der Waals surface area contributed by atoms with E-state index in [2.05, 4.69) is 10.3 Å². The Bertz CT molecular complexity index is 1350. The van der Waals surface area contributed by atoms with E-state index in [1.165, 1.54) is 11.3 Å². The van der Waals surface area contributed by atoms with Crippen molar-refractivity contribution in [2.24, 2.45) is 0 Å². The maximum Gasteiger partial charge on any atom is 0.282 e. The van der Waals surface area contributed by atoms with Crippen molar-refractivity contribution in [1.29, 1.82) is 0 Å². The van der Waals surface area contributed by atoms with Gasteiger partial charge in [-0.2, -0.15) is 0 Å². The zero-order chi connectivity index (χ0) is 23.4. The fraction of sp³-hybridized carbons (Fsp3) is 0.174. The Morgan fingerprint density at radius 3 is 2.64 bits per heavy atom. The smallest absolute Gasteiger partial charge is 0.282 e. The third kappa shape index (κ3) is 4.81. The van der Waals surface area contributed by atoms with Crippen molar-refractivity contribution in [3.8, 4) is 22.6 Å². The van der Waals surface area contributed by atoms with Gasteiger partial charge in [-0.3, -0.25) is 9.59 Å². The van der Waals surface area contributed by atoms with Crippen molar-refractivity contribution in [1.82, 2.24) is 15.0 Å². The molecule has 33 heavy (non-hydrogen) atoms. The molecule has 0 aliphatic carbocycles. The summed E-state index contributed by atoms with van der Waals surface area (Å²) in [5.41, 5.74) is 2.26. The number of thioether (sulfide) groups is 1. The number of ether oxygens (including phenoxy) is 2. The van der Waals surface area contributed by atoms with Crippen LogP contribution in [-0.2, 0) is 11.3 Å². The van der Waals surface area contributed by atoms with Gasteiger partial charge in [0.1, 0.15) is 4.83 Å². The monoisotopic (exact) mass is 482 g/mol. The Morgan fingerprint density at radius 1 is 1.15 bits per heavy atom. The number of nitrogen functional groups attached to an aromatic ring is 1. The van der Waals surface area contributed by atoms with Crippen LogP contribution in [0.2, 0.25) is 0 Å². The SMILES string of the molecule is COc1ccc(CNC(=O)CSc2nc3scc(-c4ccccc4)c3c(=O)n2N)cc1OC. The van der Waals surface area contributed by atoms with Crippen LogP contribution in [0.5, 0.6) is 11.5 Å². The molecule has 2 aromatic heterocycles. The van der Waals surface area contributed by atoms with Crippen LogP contribution in [0.3, 0.4) is 0 Å². The van der Waals surface area contributed by atoms with Crippen LogP contribution >= 0.6 is 23.1 Å². The summed E-state index contributed by atoms with van der Waals surface area (Å²) in [6.07, 6.45) is 0. The Labute approximate surface area is 198 Å². The normalized spacial score (nSPS) is 10.8. The molecule has 2 heterocycles. The summed E-state index contributed by atoms with van der Waals surface area (Å²) in [5.74, 6) is 7.11. The van der Waals surface area contributed by atoms with Crippen molar-refractivity contribution in [3.63, 3.8) is 0 Å². The summed E-state index contributed by atoms with van der Waals surface area (Å²) >= 11 is 2.49. The lowest BCUT2D eigenvalue weighted by Gasteiger charge is -2.11. The first-order valence-electron chi connectivity index (χ1n) is 9.97. The second kappa shape index (κ2) is 9.97. The first-order chi connectivity index (χ1) is 16.0. The molecule has 4 aromatic rings. The lowest BCUT2D eigenvalue weighted by Crippen LogP contribution is -2.30. The number of aromatic nitrogens is 2. The molecule has 0 radical (unpaired) electrons. The van der Waals surface area contributed by atoms with Crippen LogP contribution in [0.1, 0.15) is 5.56 Å². The molecule has 4 rings (SSSR count). The molecule has 10 heteroatoms. The highest BCUT2D eigenvalue weighted by Gasteiger charge is 2.17. The number of nitrogens with two attached hydrogens (primary N) is 1. The fourth-order valence-corrected chi connectivity index (χ4v) is 5.02. The van der Waals surface area contributed by atoms with Gasteiger partial charge in [0.2, 0.25) is 5.91 Å². The first kappa shape index (κ1) is 22.7. The minimum atomic E-state index is -0.340. The lowest BCUT2D eigenvalue weighted by atomic mass is 10.1. The van der Waals surface area contributed by atoms with Crippen LogP contribution in [0, 0.1) is 0 Å².